The van der Waals surface area contributed by atoms with Crippen LogP contribution < -0.4 is 0 Å². The summed E-state index contributed by atoms with van der Waals surface area (Å²) < 4.78 is 54.9. The quantitative estimate of drug-likeness (QED) is 0.362. The average Bonchev–Trinajstić information content (AvgIpc) is 2.75. The standard InChI is InChI=1S/C25H36F4O/c1-2-3-18-4-8-20(9-5-18)22-12-14-23(15-13-22)21-10-6-19(7-11-21)16-30-17-25(28,29)24(26)27/h6-7,10-11,18,20,22-24H,2-5,8-9,12-17H2,1H3. The van der Waals surface area contributed by atoms with Gasteiger partial charge in [-0.3, -0.25) is 0 Å². The van der Waals surface area contributed by atoms with Crippen LogP contribution in [0.25, 0.3) is 0 Å². The van der Waals surface area contributed by atoms with Gasteiger partial charge in [-0.25, -0.2) is 8.78 Å². The van der Waals surface area contributed by atoms with E-state index in [1.165, 1.54) is 69.8 Å². The van der Waals surface area contributed by atoms with Crippen LogP contribution in [0.5, 0.6) is 0 Å². The van der Waals surface area contributed by atoms with Crippen LogP contribution in [0.2, 0.25) is 0 Å². The molecule has 0 amide bonds. The topological polar surface area (TPSA) is 9.23 Å². The summed E-state index contributed by atoms with van der Waals surface area (Å²) in [6.45, 7) is 0.964. The zero-order valence-electron chi connectivity index (χ0n) is 18.1. The Morgan fingerprint density at radius 2 is 1.47 bits per heavy atom. The maximum atomic E-state index is 12.9. The average molecular weight is 429 g/mol. The van der Waals surface area contributed by atoms with Gasteiger partial charge in [0.25, 0.3) is 0 Å². The van der Waals surface area contributed by atoms with Gasteiger partial charge < -0.3 is 4.74 Å². The second kappa shape index (κ2) is 11.0. The van der Waals surface area contributed by atoms with E-state index in [0.29, 0.717) is 5.92 Å². The fraction of sp³-hybridized carbons (Fsp3) is 0.760. The van der Waals surface area contributed by atoms with Gasteiger partial charge in [0.05, 0.1) is 6.61 Å². The van der Waals surface area contributed by atoms with E-state index in [2.05, 4.69) is 6.92 Å². The van der Waals surface area contributed by atoms with Crippen molar-refractivity contribution < 1.29 is 22.3 Å². The van der Waals surface area contributed by atoms with E-state index in [9.17, 15) is 17.6 Å². The van der Waals surface area contributed by atoms with Crippen LogP contribution in [0.4, 0.5) is 17.6 Å². The van der Waals surface area contributed by atoms with Crippen molar-refractivity contribution in [3.05, 3.63) is 35.4 Å². The molecule has 0 saturated heterocycles. The second-order valence-corrected chi connectivity index (χ2v) is 9.48. The highest BCUT2D eigenvalue weighted by molar-refractivity contribution is 5.25. The monoisotopic (exact) mass is 428 g/mol. The first-order valence-corrected chi connectivity index (χ1v) is 11.7. The van der Waals surface area contributed by atoms with Gasteiger partial charge in [0, 0.05) is 0 Å². The van der Waals surface area contributed by atoms with Crippen LogP contribution in [0, 0.1) is 17.8 Å². The molecule has 5 heteroatoms. The van der Waals surface area contributed by atoms with Crippen molar-refractivity contribution in [1.82, 2.24) is 0 Å². The Morgan fingerprint density at radius 1 is 0.900 bits per heavy atom. The smallest absolute Gasteiger partial charge is 0.330 e. The summed E-state index contributed by atoms with van der Waals surface area (Å²) in [6.07, 6.45) is 9.74. The van der Waals surface area contributed by atoms with Gasteiger partial charge in [0.15, 0.2) is 0 Å². The predicted octanol–water partition coefficient (Wildman–Crippen LogP) is 7.98. The molecular formula is C25H36F4O. The highest BCUT2D eigenvalue weighted by Crippen LogP contribution is 2.44. The van der Waals surface area contributed by atoms with E-state index in [-0.39, 0.29) is 6.61 Å². The number of halogens is 4. The highest BCUT2D eigenvalue weighted by Gasteiger charge is 2.41. The Hall–Kier alpha value is -1.10. The van der Waals surface area contributed by atoms with Crippen molar-refractivity contribution in [2.24, 2.45) is 17.8 Å². The lowest BCUT2D eigenvalue weighted by molar-refractivity contribution is -0.168. The lowest BCUT2D eigenvalue weighted by atomic mass is 9.68. The largest absolute Gasteiger partial charge is 0.370 e. The van der Waals surface area contributed by atoms with Crippen molar-refractivity contribution in [3.63, 3.8) is 0 Å². The molecule has 2 saturated carbocycles. The first-order valence-electron chi connectivity index (χ1n) is 11.7. The van der Waals surface area contributed by atoms with Gasteiger partial charge in [-0.2, -0.15) is 8.78 Å². The first-order chi connectivity index (χ1) is 14.4. The summed E-state index contributed by atoms with van der Waals surface area (Å²) in [6, 6.07) is 7.84. The molecule has 0 aliphatic heterocycles. The Bertz CT molecular complexity index is 615. The van der Waals surface area contributed by atoms with Crippen LogP contribution in [-0.2, 0) is 11.3 Å². The Kier molecular flexibility index (Phi) is 8.62. The first kappa shape index (κ1) is 23.6. The molecule has 0 unspecified atom stereocenters. The number of benzene rings is 1. The van der Waals surface area contributed by atoms with Crippen molar-refractivity contribution in [3.8, 4) is 0 Å². The molecule has 0 atom stereocenters. The minimum Gasteiger partial charge on any atom is -0.370 e. The summed E-state index contributed by atoms with van der Waals surface area (Å²) in [5.41, 5.74) is 2.03. The van der Waals surface area contributed by atoms with Crippen LogP contribution in [0.1, 0.15) is 88.2 Å². The van der Waals surface area contributed by atoms with Gasteiger partial charge in [-0.15, -0.1) is 0 Å². The van der Waals surface area contributed by atoms with Gasteiger partial charge in [0.2, 0.25) is 0 Å². The molecule has 1 aromatic carbocycles. The molecule has 0 N–H and O–H groups in total. The number of alkyl halides is 4. The number of ether oxygens (including phenoxy) is 1. The lowest BCUT2D eigenvalue weighted by Gasteiger charge is -2.38. The molecule has 0 radical (unpaired) electrons. The van der Waals surface area contributed by atoms with Crippen molar-refractivity contribution in [2.45, 2.75) is 96.0 Å². The van der Waals surface area contributed by atoms with Crippen molar-refractivity contribution in [2.75, 3.05) is 6.61 Å². The molecule has 2 aliphatic carbocycles. The minimum absolute atomic E-state index is 0.0734. The zero-order valence-corrected chi connectivity index (χ0v) is 18.1. The third-order valence-electron chi connectivity index (χ3n) is 7.36. The molecule has 170 valence electrons. The Balaban J connectivity index is 1.40. The van der Waals surface area contributed by atoms with Crippen molar-refractivity contribution in [1.29, 1.82) is 0 Å². The van der Waals surface area contributed by atoms with Gasteiger partial charge >= 0.3 is 12.3 Å². The molecule has 0 bridgehead atoms. The van der Waals surface area contributed by atoms with E-state index in [1.807, 2.05) is 24.3 Å². The molecule has 0 spiro atoms. The lowest BCUT2D eigenvalue weighted by Crippen LogP contribution is -2.32. The SMILES string of the molecule is CCCC1CCC(C2CCC(c3ccc(COCC(F)(F)C(F)F)cc3)CC2)CC1. The van der Waals surface area contributed by atoms with E-state index in [4.69, 9.17) is 4.74 Å². The molecule has 1 nitrogen and oxygen atoms in total. The summed E-state index contributed by atoms with van der Waals surface area (Å²) in [7, 11) is 0. The normalized spacial score (nSPS) is 28.1. The fourth-order valence-corrected chi connectivity index (χ4v) is 5.53. The molecule has 3 rings (SSSR count). The molecule has 2 fully saturated rings. The van der Waals surface area contributed by atoms with Gasteiger partial charge in [-0.05, 0) is 73.3 Å². The minimum atomic E-state index is -4.09. The Morgan fingerprint density at radius 3 is 2.00 bits per heavy atom. The summed E-state index contributed by atoms with van der Waals surface area (Å²) in [5, 5.41) is 0. The predicted molar refractivity (Wildman–Crippen MR) is 112 cm³/mol. The molecule has 0 heterocycles. The number of rotatable bonds is 9. The maximum absolute atomic E-state index is 12.9. The van der Waals surface area contributed by atoms with Gasteiger partial charge in [-0.1, -0.05) is 56.9 Å². The van der Waals surface area contributed by atoms with Crippen LogP contribution in [0.3, 0.4) is 0 Å². The van der Waals surface area contributed by atoms with Crippen molar-refractivity contribution >= 4 is 0 Å². The molecule has 0 aromatic heterocycles. The third kappa shape index (κ3) is 6.45. The second-order valence-electron chi connectivity index (χ2n) is 9.48. The van der Waals surface area contributed by atoms with E-state index in [0.717, 1.165) is 23.3 Å². The Labute approximate surface area is 178 Å². The summed E-state index contributed by atoms with van der Waals surface area (Å²) in [4.78, 5) is 0. The van der Waals surface area contributed by atoms with E-state index < -0.39 is 19.0 Å². The zero-order chi connectivity index (χ0) is 21.6. The maximum Gasteiger partial charge on any atom is 0.330 e. The van der Waals surface area contributed by atoms with Crippen LogP contribution in [-0.4, -0.2) is 19.0 Å². The van der Waals surface area contributed by atoms with E-state index in [1.54, 1.807) is 0 Å². The third-order valence-corrected chi connectivity index (χ3v) is 7.36. The van der Waals surface area contributed by atoms with E-state index >= 15 is 0 Å². The molecule has 30 heavy (non-hydrogen) atoms. The fourth-order valence-electron chi connectivity index (χ4n) is 5.53. The molecule has 2 aliphatic rings. The van der Waals surface area contributed by atoms with Crippen LogP contribution >= 0.6 is 0 Å². The summed E-state index contributed by atoms with van der Waals surface area (Å²) in [5.74, 6) is -0.756. The highest BCUT2D eigenvalue weighted by atomic mass is 19.3. The molecule has 1 aromatic rings. The summed E-state index contributed by atoms with van der Waals surface area (Å²) >= 11 is 0. The molecular weight excluding hydrogens is 392 g/mol. The number of hydrogen-bond acceptors (Lipinski definition) is 1. The number of hydrogen-bond donors (Lipinski definition) is 0. The van der Waals surface area contributed by atoms with Gasteiger partial charge in [0.1, 0.15) is 6.61 Å². The van der Waals surface area contributed by atoms with Crippen LogP contribution in [0.15, 0.2) is 24.3 Å².